The molecule has 1 aliphatic carbocycles. The smallest absolute Gasteiger partial charge is 0.244 e. The molecule has 0 spiro atoms. The summed E-state index contributed by atoms with van der Waals surface area (Å²) in [6.07, 6.45) is 1.21. The molecule has 1 amide bonds. The summed E-state index contributed by atoms with van der Waals surface area (Å²) in [7, 11) is 0. The van der Waals surface area contributed by atoms with Gasteiger partial charge in [-0.05, 0) is 30.9 Å². The molecule has 1 aliphatic rings. The van der Waals surface area contributed by atoms with Crippen molar-refractivity contribution in [3.8, 4) is 11.8 Å². The molecule has 1 fully saturated rings. The van der Waals surface area contributed by atoms with Crippen molar-refractivity contribution >= 4 is 11.6 Å². The minimum Gasteiger partial charge on any atom is -0.508 e. The first-order valence-electron chi connectivity index (χ1n) is 5.57. The van der Waals surface area contributed by atoms with Crippen molar-refractivity contribution < 1.29 is 9.90 Å². The minimum atomic E-state index is -0.884. The Morgan fingerprint density at radius 3 is 2.82 bits per heavy atom. The maximum Gasteiger partial charge on any atom is 0.244 e. The number of nitrogens with zero attached hydrogens (tertiary/aromatic N) is 1. The van der Waals surface area contributed by atoms with Gasteiger partial charge in [0, 0.05) is 11.8 Å². The Hall–Kier alpha value is -2.02. The van der Waals surface area contributed by atoms with Crippen LogP contribution < -0.4 is 5.32 Å². The van der Waals surface area contributed by atoms with Gasteiger partial charge in [-0.1, -0.05) is 13.0 Å². The lowest BCUT2D eigenvalue weighted by Gasteiger charge is -2.39. The molecule has 1 aromatic carbocycles. The zero-order valence-corrected chi connectivity index (χ0v) is 9.60. The van der Waals surface area contributed by atoms with E-state index in [1.807, 2.05) is 6.92 Å². The molecule has 1 saturated carbocycles. The highest BCUT2D eigenvalue weighted by molar-refractivity contribution is 5.98. The van der Waals surface area contributed by atoms with Gasteiger partial charge in [0.05, 0.1) is 6.07 Å². The number of aromatic hydroxyl groups is 1. The molecule has 0 radical (unpaired) electrons. The lowest BCUT2D eigenvalue weighted by Crippen LogP contribution is -2.45. The van der Waals surface area contributed by atoms with Crippen LogP contribution in [0.4, 0.5) is 5.69 Å². The summed E-state index contributed by atoms with van der Waals surface area (Å²) in [5, 5.41) is 21.1. The molecule has 0 aromatic heterocycles. The second-order valence-electron chi connectivity index (χ2n) is 4.71. The van der Waals surface area contributed by atoms with Crippen LogP contribution in [0.15, 0.2) is 24.3 Å². The third-order valence-corrected chi connectivity index (χ3v) is 3.15. The molecule has 1 aromatic rings. The van der Waals surface area contributed by atoms with Gasteiger partial charge in [0.1, 0.15) is 11.2 Å². The average molecular weight is 230 g/mol. The van der Waals surface area contributed by atoms with Crippen molar-refractivity contribution in [3.05, 3.63) is 24.3 Å². The molecule has 0 bridgehead atoms. The van der Waals surface area contributed by atoms with Crippen LogP contribution in [0.25, 0.3) is 0 Å². The van der Waals surface area contributed by atoms with Gasteiger partial charge in [0.25, 0.3) is 0 Å². The number of carbonyl (C=O) groups excluding carboxylic acids is 1. The maximum atomic E-state index is 12.0. The summed E-state index contributed by atoms with van der Waals surface area (Å²) in [6, 6.07) is 8.43. The minimum absolute atomic E-state index is 0.0933. The molecule has 17 heavy (non-hydrogen) atoms. The largest absolute Gasteiger partial charge is 0.508 e. The van der Waals surface area contributed by atoms with Gasteiger partial charge in [0.2, 0.25) is 5.91 Å². The van der Waals surface area contributed by atoms with Crippen LogP contribution >= 0.6 is 0 Å². The Balaban J connectivity index is 2.10. The number of nitrogens with one attached hydrogen (secondary N) is 1. The Kier molecular flexibility index (Phi) is 2.76. The number of hydrogen-bond donors (Lipinski definition) is 2. The Morgan fingerprint density at radius 1 is 1.59 bits per heavy atom. The molecular formula is C13H14N2O2. The molecule has 0 unspecified atom stereocenters. The van der Waals surface area contributed by atoms with Gasteiger partial charge in [-0.3, -0.25) is 4.79 Å². The highest BCUT2D eigenvalue weighted by Gasteiger charge is 2.48. The molecular weight excluding hydrogens is 216 g/mol. The maximum absolute atomic E-state index is 12.0. The van der Waals surface area contributed by atoms with Crippen LogP contribution in [0.2, 0.25) is 0 Å². The summed E-state index contributed by atoms with van der Waals surface area (Å²) < 4.78 is 0. The number of amides is 1. The number of anilines is 1. The Bertz CT molecular complexity index is 484. The van der Waals surface area contributed by atoms with Crippen LogP contribution in [-0.4, -0.2) is 11.0 Å². The molecule has 0 atom stereocenters. The van der Waals surface area contributed by atoms with Gasteiger partial charge in [-0.25, -0.2) is 0 Å². The van der Waals surface area contributed by atoms with Gasteiger partial charge in [-0.15, -0.1) is 0 Å². The topological polar surface area (TPSA) is 73.1 Å². The second-order valence-corrected chi connectivity index (χ2v) is 4.71. The molecule has 2 N–H and O–H groups in total. The van der Waals surface area contributed by atoms with E-state index in [0.29, 0.717) is 24.4 Å². The molecule has 0 saturated heterocycles. The number of phenols is 1. The fourth-order valence-corrected chi connectivity index (χ4v) is 2.29. The van der Waals surface area contributed by atoms with Gasteiger partial charge >= 0.3 is 0 Å². The van der Waals surface area contributed by atoms with Crippen molar-refractivity contribution in [3.63, 3.8) is 0 Å². The van der Waals surface area contributed by atoms with Crippen LogP contribution in [-0.2, 0) is 4.79 Å². The molecule has 0 heterocycles. The number of phenolic OH excluding ortho intramolecular Hbond substituents is 1. The Morgan fingerprint density at radius 2 is 2.29 bits per heavy atom. The number of nitriles is 1. The lowest BCUT2D eigenvalue weighted by molar-refractivity contribution is -0.128. The van der Waals surface area contributed by atoms with Crippen LogP contribution in [0.3, 0.4) is 0 Å². The summed E-state index contributed by atoms with van der Waals surface area (Å²) in [4.78, 5) is 12.0. The summed E-state index contributed by atoms with van der Waals surface area (Å²) in [5.74, 6) is 0.240. The van der Waals surface area contributed by atoms with Crippen LogP contribution in [0.1, 0.15) is 19.8 Å². The van der Waals surface area contributed by atoms with Crippen molar-refractivity contribution in [2.75, 3.05) is 5.32 Å². The first kappa shape index (κ1) is 11.5. The van der Waals surface area contributed by atoms with E-state index in [-0.39, 0.29) is 11.7 Å². The third kappa shape index (κ3) is 2.09. The zero-order chi connectivity index (χ0) is 12.5. The normalized spacial score (nSPS) is 26.7. The highest BCUT2D eigenvalue weighted by atomic mass is 16.3. The van der Waals surface area contributed by atoms with Gasteiger partial charge in [-0.2, -0.15) is 5.26 Å². The quantitative estimate of drug-likeness (QED) is 0.818. The van der Waals surface area contributed by atoms with E-state index >= 15 is 0 Å². The highest BCUT2D eigenvalue weighted by Crippen LogP contribution is 2.45. The lowest BCUT2D eigenvalue weighted by atomic mass is 9.63. The standard InChI is InChI=1S/C13H14N2O2/c1-9-6-13(7-9,8-14)12(17)15-10-3-2-4-11(16)5-10/h2-5,9,16H,6-7H2,1H3,(H,15,17). The van der Waals surface area contributed by atoms with E-state index in [1.54, 1.807) is 12.1 Å². The second kappa shape index (κ2) is 4.10. The van der Waals surface area contributed by atoms with Crippen LogP contribution in [0.5, 0.6) is 5.75 Å². The van der Waals surface area contributed by atoms with E-state index in [1.165, 1.54) is 12.1 Å². The predicted molar refractivity (Wildman–Crippen MR) is 63.2 cm³/mol. The number of benzene rings is 1. The molecule has 2 rings (SSSR count). The molecule has 4 heteroatoms. The van der Waals surface area contributed by atoms with Crippen molar-refractivity contribution in [1.82, 2.24) is 0 Å². The summed E-state index contributed by atoms with van der Waals surface area (Å²) in [5.41, 5.74) is -0.366. The fourth-order valence-electron chi connectivity index (χ4n) is 2.29. The van der Waals surface area contributed by atoms with Gasteiger partial charge in [0.15, 0.2) is 0 Å². The molecule has 4 nitrogen and oxygen atoms in total. The van der Waals surface area contributed by atoms with Crippen molar-refractivity contribution in [2.45, 2.75) is 19.8 Å². The molecule has 0 aliphatic heterocycles. The monoisotopic (exact) mass is 230 g/mol. The number of carbonyl (C=O) groups is 1. The van der Waals surface area contributed by atoms with E-state index in [9.17, 15) is 9.90 Å². The fraction of sp³-hybridized carbons (Fsp3) is 0.385. The summed E-state index contributed by atoms with van der Waals surface area (Å²) in [6.45, 7) is 2.03. The SMILES string of the molecule is CC1CC(C#N)(C(=O)Nc2cccc(O)c2)C1. The van der Waals surface area contributed by atoms with E-state index < -0.39 is 5.41 Å². The first-order chi connectivity index (χ1) is 8.05. The van der Waals surface area contributed by atoms with E-state index in [0.717, 1.165) is 0 Å². The van der Waals surface area contributed by atoms with Crippen LogP contribution in [0, 0.1) is 22.7 Å². The van der Waals surface area contributed by atoms with Crippen molar-refractivity contribution in [1.29, 1.82) is 5.26 Å². The molecule has 88 valence electrons. The average Bonchev–Trinajstić information content (AvgIpc) is 2.24. The zero-order valence-electron chi connectivity index (χ0n) is 9.60. The predicted octanol–water partition coefficient (Wildman–Crippen LogP) is 2.27. The third-order valence-electron chi connectivity index (χ3n) is 3.15. The van der Waals surface area contributed by atoms with E-state index in [4.69, 9.17) is 5.26 Å². The summed E-state index contributed by atoms with van der Waals surface area (Å²) >= 11 is 0. The van der Waals surface area contributed by atoms with Crippen molar-refractivity contribution in [2.24, 2.45) is 11.3 Å². The van der Waals surface area contributed by atoms with Gasteiger partial charge < -0.3 is 10.4 Å². The Labute approximate surface area is 99.9 Å². The number of hydrogen-bond acceptors (Lipinski definition) is 3. The number of rotatable bonds is 2. The van der Waals surface area contributed by atoms with E-state index in [2.05, 4.69) is 11.4 Å². The first-order valence-corrected chi connectivity index (χ1v) is 5.57.